The minimum atomic E-state index is -0.209. The van der Waals surface area contributed by atoms with Gasteiger partial charge in [0.1, 0.15) is 0 Å². The average molecular weight is 489 g/mol. The molecule has 3 aromatic rings. The van der Waals surface area contributed by atoms with Crippen molar-refractivity contribution in [2.45, 2.75) is 51.1 Å². The molecule has 6 nitrogen and oxygen atoms in total. The number of hydrogen-bond acceptors (Lipinski definition) is 5. The molecule has 2 aliphatic heterocycles. The topological polar surface area (TPSA) is 65.5 Å². The van der Waals surface area contributed by atoms with Gasteiger partial charge in [-0.2, -0.15) is 0 Å². The molecule has 2 amide bonds. The lowest BCUT2D eigenvalue weighted by Crippen LogP contribution is -2.37. The number of carbonyl (C=O) groups excluding carboxylic acids is 2. The minimum absolute atomic E-state index is 0.0433. The SMILES string of the molecule is O=C(NC1CC(=O)N(c2ccc(CN3CCCCC3)cc2)C1)c1ncc(CCc2ccccc2)s1. The van der Waals surface area contributed by atoms with Crippen LogP contribution in [0.2, 0.25) is 0 Å². The number of thiazole rings is 1. The lowest BCUT2D eigenvalue weighted by molar-refractivity contribution is -0.117. The number of anilines is 1. The van der Waals surface area contributed by atoms with Crippen molar-refractivity contribution in [2.24, 2.45) is 0 Å². The zero-order chi connectivity index (χ0) is 24.0. The Morgan fingerprint density at radius 3 is 2.51 bits per heavy atom. The molecular weight excluding hydrogens is 456 g/mol. The molecule has 2 aliphatic rings. The van der Waals surface area contributed by atoms with Crippen LogP contribution in [-0.2, 0) is 24.2 Å². The first-order chi connectivity index (χ1) is 17.1. The van der Waals surface area contributed by atoms with Crippen LogP contribution in [0, 0.1) is 0 Å². The quantitative estimate of drug-likeness (QED) is 0.509. The standard InChI is InChI=1S/C28H32N4O2S/c33-26-17-23(20-32(26)24-12-9-22(10-13-24)19-31-15-5-2-6-16-31)30-27(34)28-29-18-25(35-28)14-11-21-7-3-1-4-8-21/h1,3-4,7-10,12-13,18,23H,2,5-6,11,14-17,19-20H2,(H,30,34). The van der Waals surface area contributed by atoms with Crippen LogP contribution in [0.3, 0.4) is 0 Å². The maximum atomic E-state index is 12.8. The molecule has 7 heteroatoms. The van der Waals surface area contributed by atoms with Crippen LogP contribution in [0.25, 0.3) is 0 Å². The van der Waals surface area contributed by atoms with E-state index >= 15 is 0 Å². The molecule has 35 heavy (non-hydrogen) atoms. The van der Waals surface area contributed by atoms with Crippen molar-refractivity contribution in [1.29, 1.82) is 0 Å². The predicted molar refractivity (Wildman–Crippen MR) is 140 cm³/mol. The molecule has 1 aromatic heterocycles. The number of piperidine rings is 1. The Morgan fingerprint density at radius 2 is 1.74 bits per heavy atom. The zero-order valence-electron chi connectivity index (χ0n) is 20.0. The maximum Gasteiger partial charge on any atom is 0.280 e. The molecule has 0 spiro atoms. The highest BCUT2D eigenvalue weighted by atomic mass is 32.1. The van der Waals surface area contributed by atoms with Crippen LogP contribution >= 0.6 is 11.3 Å². The summed E-state index contributed by atoms with van der Waals surface area (Å²) in [6, 6.07) is 18.4. The second-order valence-corrected chi connectivity index (χ2v) is 10.6. The maximum absolute atomic E-state index is 12.8. The van der Waals surface area contributed by atoms with Crippen LogP contribution in [0.5, 0.6) is 0 Å². The van der Waals surface area contributed by atoms with Gasteiger partial charge in [-0.3, -0.25) is 14.5 Å². The smallest absolute Gasteiger partial charge is 0.280 e. The minimum Gasteiger partial charge on any atom is -0.345 e. The summed E-state index contributed by atoms with van der Waals surface area (Å²) in [5.41, 5.74) is 3.45. The summed E-state index contributed by atoms with van der Waals surface area (Å²) < 4.78 is 0. The second-order valence-electron chi connectivity index (χ2n) is 9.50. The van der Waals surface area contributed by atoms with Crippen molar-refractivity contribution in [3.05, 3.63) is 81.8 Å². The highest BCUT2D eigenvalue weighted by Crippen LogP contribution is 2.24. The van der Waals surface area contributed by atoms with Gasteiger partial charge in [0, 0.05) is 36.3 Å². The van der Waals surface area contributed by atoms with Crippen LogP contribution < -0.4 is 10.2 Å². The zero-order valence-corrected chi connectivity index (χ0v) is 20.8. The first kappa shape index (κ1) is 23.7. The summed E-state index contributed by atoms with van der Waals surface area (Å²) in [4.78, 5) is 35.2. The van der Waals surface area contributed by atoms with Gasteiger partial charge in [0.2, 0.25) is 5.91 Å². The van der Waals surface area contributed by atoms with Crippen molar-refractivity contribution in [1.82, 2.24) is 15.2 Å². The Morgan fingerprint density at radius 1 is 0.971 bits per heavy atom. The fourth-order valence-electron chi connectivity index (χ4n) is 4.90. The summed E-state index contributed by atoms with van der Waals surface area (Å²) in [5.74, 6) is -0.153. The predicted octanol–water partition coefficient (Wildman–Crippen LogP) is 4.45. The van der Waals surface area contributed by atoms with E-state index in [0.29, 0.717) is 18.0 Å². The molecule has 182 valence electrons. The van der Waals surface area contributed by atoms with Gasteiger partial charge in [0.25, 0.3) is 5.91 Å². The second kappa shape index (κ2) is 11.1. The molecule has 5 rings (SSSR count). The normalized spacial score (nSPS) is 18.7. The number of hydrogen-bond donors (Lipinski definition) is 1. The van der Waals surface area contributed by atoms with Crippen molar-refractivity contribution in [2.75, 3.05) is 24.5 Å². The van der Waals surface area contributed by atoms with Gasteiger partial charge in [0.05, 0.1) is 6.04 Å². The molecule has 1 N–H and O–H groups in total. The largest absolute Gasteiger partial charge is 0.345 e. The number of nitrogens with zero attached hydrogens (tertiary/aromatic N) is 3. The molecule has 0 bridgehead atoms. The first-order valence-electron chi connectivity index (χ1n) is 12.6. The van der Waals surface area contributed by atoms with Gasteiger partial charge in [-0.25, -0.2) is 4.98 Å². The van der Waals surface area contributed by atoms with E-state index in [-0.39, 0.29) is 17.9 Å². The molecular formula is C28H32N4O2S. The molecule has 1 atom stereocenters. The van der Waals surface area contributed by atoms with Crippen molar-refractivity contribution in [3.8, 4) is 0 Å². The fraction of sp³-hybridized carbons (Fsp3) is 0.393. The Bertz CT molecular complexity index is 1140. The number of aryl methyl sites for hydroxylation is 2. The van der Waals surface area contributed by atoms with E-state index < -0.39 is 0 Å². The number of rotatable bonds is 8. The van der Waals surface area contributed by atoms with E-state index in [9.17, 15) is 9.59 Å². The first-order valence-corrected chi connectivity index (χ1v) is 13.4. The summed E-state index contributed by atoms with van der Waals surface area (Å²) >= 11 is 1.43. The highest BCUT2D eigenvalue weighted by molar-refractivity contribution is 7.13. The van der Waals surface area contributed by atoms with Crippen molar-refractivity contribution in [3.63, 3.8) is 0 Å². The van der Waals surface area contributed by atoms with Gasteiger partial charge in [-0.05, 0) is 62.0 Å². The molecule has 2 fully saturated rings. The molecule has 0 aliphatic carbocycles. The van der Waals surface area contributed by atoms with E-state index in [4.69, 9.17) is 0 Å². The van der Waals surface area contributed by atoms with E-state index in [1.807, 2.05) is 30.3 Å². The monoisotopic (exact) mass is 488 g/mol. The molecule has 2 aromatic carbocycles. The molecule has 3 heterocycles. The van der Waals surface area contributed by atoms with Gasteiger partial charge in [0.15, 0.2) is 5.01 Å². The van der Waals surface area contributed by atoms with Gasteiger partial charge >= 0.3 is 0 Å². The lowest BCUT2D eigenvalue weighted by atomic mass is 10.1. The van der Waals surface area contributed by atoms with Crippen LogP contribution in [0.4, 0.5) is 5.69 Å². The van der Waals surface area contributed by atoms with Crippen molar-refractivity contribution >= 4 is 28.8 Å². The Kier molecular flexibility index (Phi) is 7.54. The van der Waals surface area contributed by atoms with Crippen LogP contribution in [-0.4, -0.2) is 47.4 Å². The van der Waals surface area contributed by atoms with Crippen LogP contribution in [0.1, 0.15) is 51.5 Å². The Balaban J connectivity index is 1.13. The summed E-state index contributed by atoms with van der Waals surface area (Å²) in [6.45, 7) is 3.79. The van der Waals surface area contributed by atoms with Gasteiger partial charge in [-0.1, -0.05) is 48.9 Å². The number of nitrogens with one attached hydrogen (secondary N) is 1. The van der Waals surface area contributed by atoms with Crippen LogP contribution in [0.15, 0.2) is 60.8 Å². The number of carbonyl (C=O) groups is 2. The lowest BCUT2D eigenvalue weighted by Gasteiger charge is -2.26. The van der Waals surface area contributed by atoms with E-state index in [1.165, 1.54) is 54.8 Å². The molecule has 1 unspecified atom stereocenters. The molecule has 0 radical (unpaired) electrons. The third kappa shape index (κ3) is 6.16. The van der Waals surface area contributed by atoms with E-state index in [1.54, 1.807) is 11.1 Å². The third-order valence-electron chi connectivity index (χ3n) is 6.81. The Hall–Kier alpha value is -3.03. The number of likely N-dealkylation sites (tertiary alicyclic amines) is 1. The van der Waals surface area contributed by atoms with Crippen molar-refractivity contribution < 1.29 is 9.59 Å². The summed E-state index contributed by atoms with van der Waals surface area (Å²) in [6.07, 6.45) is 7.79. The number of amides is 2. The van der Waals surface area contributed by atoms with E-state index in [0.717, 1.165) is 30.0 Å². The highest BCUT2D eigenvalue weighted by Gasteiger charge is 2.32. The van der Waals surface area contributed by atoms with Gasteiger partial charge < -0.3 is 10.2 Å². The Labute approximate surface area is 211 Å². The third-order valence-corrected chi connectivity index (χ3v) is 7.87. The summed E-state index contributed by atoms with van der Waals surface area (Å²) in [7, 11) is 0. The molecule has 2 saturated heterocycles. The average Bonchev–Trinajstić information content (AvgIpc) is 3.51. The number of aromatic nitrogens is 1. The number of benzene rings is 2. The molecule has 0 saturated carbocycles. The van der Waals surface area contributed by atoms with Gasteiger partial charge in [-0.15, -0.1) is 11.3 Å². The summed E-state index contributed by atoms with van der Waals surface area (Å²) in [5, 5.41) is 3.48. The van der Waals surface area contributed by atoms with E-state index in [2.05, 4.69) is 39.5 Å². The fourth-order valence-corrected chi connectivity index (χ4v) is 5.71.